The summed E-state index contributed by atoms with van der Waals surface area (Å²) < 4.78 is 0. The molecular formula is C12H24N2O3. The van der Waals surface area contributed by atoms with Gasteiger partial charge >= 0.3 is 5.97 Å². The Hall–Kier alpha value is -1.10. The number of hydrogen-bond donors (Lipinski definition) is 3. The van der Waals surface area contributed by atoms with E-state index in [2.05, 4.69) is 5.32 Å². The zero-order valence-corrected chi connectivity index (χ0v) is 10.6. The van der Waals surface area contributed by atoms with Gasteiger partial charge in [0.25, 0.3) is 0 Å². The first-order valence-corrected chi connectivity index (χ1v) is 6.31. The van der Waals surface area contributed by atoms with Gasteiger partial charge in [0.15, 0.2) is 0 Å². The Labute approximate surface area is 103 Å². The van der Waals surface area contributed by atoms with E-state index in [1.165, 1.54) is 0 Å². The van der Waals surface area contributed by atoms with E-state index in [-0.39, 0.29) is 18.2 Å². The lowest BCUT2D eigenvalue weighted by molar-refractivity contribution is -0.137. The summed E-state index contributed by atoms with van der Waals surface area (Å²) in [5, 5.41) is 11.3. The summed E-state index contributed by atoms with van der Waals surface area (Å²) in [4.78, 5) is 21.8. The molecule has 0 rings (SSSR count). The number of amides is 1. The Morgan fingerprint density at radius 2 is 1.88 bits per heavy atom. The highest BCUT2D eigenvalue weighted by molar-refractivity contribution is 5.78. The quantitative estimate of drug-likeness (QED) is 0.502. The van der Waals surface area contributed by atoms with Gasteiger partial charge in [-0.15, -0.1) is 0 Å². The number of unbranched alkanes of at least 4 members (excludes halogenated alkanes) is 3. The molecule has 0 fully saturated rings. The highest BCUT2D eigenvalue weighted by atomic mass is 16.4. The number of nitrogens with two attached hydrogens (primary N) is 1. The van der Waals surface area contributed by atoms with E-state index in [9.17, 15) is 9.59 Å². The fourth-order valence-electron chi connectivity index (χ4n) is 1.57. The molecular weight excluding hydrogens is 220 g/mol. The molecule has 5 heteroatoms. The van der Waals surface area contributed by atoms with E-state index < -0.39 is 5.97 Å². The summed E-state index contributed by atoms with van der Waals surface area (Å²) in [7, 11) is 0. The lowest BCUT2D eigenvalue weighted by atomic mass is 10.1. The second-order valence-corrected chi connectivity index (χ2v) is 4.19. The molecule has 1 amide bonds. The van der Waals surface area contributed by atoms with Crippen LogP contribution in [0.25, 0.3) is 0 Å². The summed E-state index contributed by atoms with van der Waals surface area (Å²) in [5.41, 5.74) is 5.47. The Balaban J connectivity index is 3.39. The molecule has 1 atom stereocenters. The average Bonchev–Trinajstić information content (AvgIpc) is 2.29. The van der Waals surface area contributed by atoms with Gasteiger partial charge in [0.1, 0.15) is 0 Å². The van der Waals surface area contributed by atoms with Crippen LogP contribution in [0.5, 0.6) is 0 Å². The zero-order chi connectivity index (χ0) is 13.1. The summed E-state index contributed by atoms with van der Waals surface area (Å²) in [6.45, 7) is 2.99. The minimum Gasteiger partial charge on any atom is -0.481 e. The molecule has 0 heterocycles. The molecule has 17 heavy (non-hydrogen) atoms. The molecule has 0 aliphatic carbocycles. The standard InChI is InChI=1S/C12H24N2O3/c1-2-10(9-13)12(17)14-8-6-4-3-5-7-11(15)16/h10H,2-9,13H2,1H3,(H,14,17)(H,15,16). The molecule has 1 unspecified atom stereocenters. The van der Waals surface area contributed by atoms with Gasteiger partial charge in [0.05, 0.1) is 0 Å². The lowest BCUT2D eigenvalue weighted by Crippen LogP contribution is -2.35. The van der Waals surface area contributed by atoms with Crippen LogP contribution in [0.2, 0.25) is 0 Å². The van der Waals surface area contributed by atoms with Crippen molar-refractivity contribution < 1.29 is 14.7 Å². The lowest BCUT2D eigenvalue weighted by Gasteiger charge is -2.12. The number of rotatable bonds is 10. The van der Waals surface area contributed by atoms with Crippen LogP contribution in [0.1, 0.15) is 45.4 Å². The Kier molecular flexibility index (Phi) is 9.43. The van der Waals surface area contributed by atoms with Crippen LogP contribution in [0, 0.1) is 5.92 Å². The molecule has 0 aliphatic rings. The second kappa shape index (κ2) is 10.1. The van der Waals surface area contributed by atoms with Crippen molar-refractivity contribution in [2.45, 2.75) is 45.4 Å². The van der Waals surface area contributed by atoms with Crippen LogP contribution in [-0.4, -0.2) is 30.1 Å². The number of carboxylic acids is 1. The van der Waals surface area contributed by atoms with E-state index >= 15 is 0 Å². The molecule has 0 aromatic rings. The zero-order valence-electron chi connectivity index (χ0n) is 10.6. The third-order valence-corrected chi connectivity index (χ3v) is 2.76. The van der Waals surface area contributed by atoms with E-state index in [1.807, 2.05) is 6.92 Å². The molecule has 0 spiro atoms. The minimum atomic E-state index is -0.743. The second-order valence-electron chi connectivity index (χ2n) is 4.19. The molecule has 0 aliphatic heterocycles. The van der Waals surface area contributed by atoms with Crippen molar-refractivity contribution in [2.24, 2.45) is 11.7 Å². The fraction of sp³-hybridized carbons (Fsp3) is 0.833. The maximum Gasteiger partial charge on any atom is 0.303 e. The van der Waals surface area contributed by atoms with Crippen molar-refractivity contribution in [3.05, 3.63) is 0 Å². The monoisotopic (exact) mass is 244 g/mol. The number of carbonyl (C=O) groups is 2. The van der Waals surface area contributed by atoms with Gasteiger partial charge in [-0.05, 0) is 19.3 Å². The molecule has 100 valence electrons. The van der Waals surface area contributed by atoms with E-state index in [0.29, 0.717) is 19.5 Å². The van der Waals surface area contributed by atoms with E-state index in [0.717, 1.165) is 25.7 Å². The van der Waals surface area contributed by atoms with Crippen LogP contribution < -0.4 is 11.1 Å². The average molecular weight is 244 g/mol. The Morgan fingerprint density at radius 1 is 1.24 bits per heavy atom. The topological polar surface area (TPSA) is 92.4 Å². The van der Waals surface area contributed by atoms with Gasteiger partial charge in [-0.3, -0.25) is 9.59 Å². The first-order valence-electron chi connectivity index (χ1n) is 6.31. The van der Waals surface area contributed by atoms with E-state index in [4.69, 9.17) is 10.8 Å². The third-order valence-electron chi connectivity index (χ3n) is 2.76. The molecule has 0 bridgehead atoms. The van der Waals surface area contributed by atoms with Gasteiger partial charge in [0, 0.05) is 25.4 Å². The molecule has 4 N–H and O–H groups in total. The SMILES string of the molecule is CCC(CN)C(=O)NCCCCCCC(=O)O. The van der Waals surface area contributed by atoms with Crippen molar-refractivity contribution in [2.75, 3.05) is 13.1 Å². The van der Waals surface area contributed by atoms with Crippen LogP contribution in [0.15, 0.2) is 0 Å². The van der Waals surface area contributed by atoms with Gasteiger partial charge in [-0.25, -0.2) is 0 Å². The summed E-state index contributed by atoms with van der Waals surface area (Å²) in [6, 6.07) is 0. The van der Waals surface area contributed by atoms with E-state index in [1.54, 1.807) is 0 Å². The van der Waals surface area contributed by atoms with Crippen molar-refractivity contribution in [3.63, 3.8) is 0 Å². The maximum absolute atomic E-state index is 11.5. The largest absolute Gasteiger partial charge is 0.481 e. The minimum absolute atomic E-state index is 0.0283. The molecule has 0 aromatic carbocycles. The van der Waals surface area contributed by atoms with Crippen molar-refractivity contribution >= 4 is 11.9 Å². The predicted molar refractivity (Wildman–Crippen MR) is 66.6 cm³/mol. The molecule has 0 radical (unpaired) electrons. The highest BCUT2D eigenvalue weighted by Crippen LogP contribution is 2.03. The van der Waals surface area contributed by atoms with Gasteiger partial charge < -0.3 is 16.2 Å². The van der Waals surface area contributed by atoms with Gasteiger partial charge in [-0.2, -0.15) is 0 Å². The van der Waals surface area contributed by atoms with Crippen molar-refractivity contribution in [1.29, 1.82) is 0 Å². The van der Waals surface area contributed by atoms with Crippen LogP contribution >= 0.6 is 0 Å². The Morgan fingerprint density at radius 3 is 2.41 bits per heavy atom. The molecule has 0 aromatic heterocycles. The summed E-state index contributed by atoms with van der Waals surface area (Å²) in [5.74, 6) is -0.797. The summed E-state index contributed by atoms with van der Waals surface area (Å²) >= 11 is 0. The highest BCUT2D eigenvalue weighted by Gasteiger charge is 2.12. The van der Waals surface area contributed by atoms with Crippen molar-refractivity contribution in [1.82, 2.24) is 5.32 Å². The van der Waals surface area contributed by atoms with Gasteiger partial charge in [-0.1, -0.05) is 19.8 Å². The summed E-state index contributed by atoms with van der Waals surface area (Å²) in [6.07, 6.45) is 4.46. The first-order chi connectivity index (χ1) is 8.11. The normalized spacial score (nSPS) is 12.1. The number of aliphatic carboxylic acids is 1. The molecule has 0 saturated carbocycles. The fourth-order valence-corrected chi connectivity index (χ4v) is 1.57. The van der Waals surface area contributed by atoms with Gasteiger partial charge in [0.2, 0.25) is 5.91 Å². The van der Waals surface area contributed by atoms with Crippen molar-refractivity contribution in [3.8, 4) is 0 Å². The number of carbonyl (C=O) groups excluding carboxylic acids is 1. The Bertz CT molecular complexity index is 228. The third kappa shape index (κ3) is 8.68. The smallest absolute Gasteiger partial charge is 0.303 e. The van der Waals surface area contributed by atoms with Crippen LogP contribution in [0.3, 0.4) is 0 Å². The maximum atomic E-state index is 11.5. The van der Waals surface area contributed by atoms with Crippen LogP contribution in [0.4, 0.5) is 0 Å². The molecule has 0 saturated heterocycles. The number of hydrogen-bond acceptors (Lipinski definition) is 3. The first kappa shape index (κ1) is 15.9. The number of carboxylic acid groups (broad SMARTS) is 1. The molecule has 5 nitrogen and oxygen atoms in total. The van der Waals surface area contributed by atoms with Crippen LogP contribution in [-0.2, 0) is 9.59 Å². The number of nitrogens with one attached hydrogen (secondary N) is 1. The predicted octanol–water partition coefficient (Wildman–Crippen LogP) is 1.12.